The van der Waals surface area contributed by atoms with Gasteiger partial charge in [-0.3, -0.25) is 4.79 Å². The smallest absolute Gasteiger partial charge is 0.251 e. The highest BCUT2D eigenvalue weighted by Crippen LogP contribution is 2.20. The minimum atomic E-state index is -0.309. The van der Waals surface area contributed by atoms with E-state index in [1.165, 1.54) is 9.67 Å². The van der Waals surface area contributed by atoms with Crippen molar-refractivity contribution in [2.75, 3.05) is 0 Å². The van der Waals surface area contributed by atoms with Gasteiger partial charge in [-0.15, -0.1) is 21.5 Å². The monoisotopic (exact) mass is 370 g/mol. The fourth-order valence-corrected chi connectivity index (χ4v) is 3.43. The Labute approximate surface area is 156 Å². The molecule has 0 saturated carbocycles. The van der Waals surface area contributed by atoms with E-state index in [-0.39, 0.29) is 17.9 Å². The SMILES string of the molecule is Cc1nc(Cn2nnc(C(NC(=O)c3ccccc3)C(C)C)n2)sc1C. The normalized spacial score (nSPS) is 12.3. The third-order valence-corrected chi connectivity index (χ3v) is 5.14. The summed E-state index contributed by atoms with van der Waals surface area (Å²) in [6.07, 6.45) is 0. The maximum absolute atomic E-state index is 12.5. The van der Waals surface area contributed by atoms with Crippen LogP contribution < -0.4 is 5.32 Å². The van der Waals surface area contributed by atoms with Crippen molar-refractivity contribution >= 4 is 17.2 Å². The van der Waals surface area contributed by atoms with Gasteiger partial charge in [0.25, 0.3) is 5.91 Å². The lowest BCUT2D eigenvalue weighted by atomic mass is 10.0. The zero-order valence-electron chi connectivity index (χ0n) is 15.3. The Morgan fingerprint density at radius 2 is 1.96 bits per heavy atom. The number of rotatable bonds is 6. The average Bonchev–Trinajstić information content (AvgIpc) is 3.19. The molecule has 0 radical (unpaired) electrons. The lowest BCUT2D eigenvalue weighted by Crippen LogP contribution is -2.32. The summed E-state index contributed by atoms with van der Waals surface area (Å²) >= 11 is 1.63. The van der Waals surface area contributed by atoms with E-state index in [0.29, 0.717) is 17.9 Å². The number of thiazole rings is 1. The second kappa shape index (κ2) is 7.74. The van der Waals surface area contributed by atoms with E-state index >= 15 is 0 Å². The Morgan fingerprint density at radius 1 is 1.23 bits per heavy atom. The second-order valence-corrected chi connectivity index (χ2v) is 7.78. The van der Waals surface area contributed by atoms with Crippen LogP contribution in [0.5, 0.6) is 0 Å². The van der Waals surface area contributed by atoms with Gasteiger partial charge in [0.2, 0.25) is 0 Å². The van der Waals surface area contributed by atoms with Crippen molar-refractivity contribution in [1.29, 1.82) is 0 Å². The van der Waals surface area contributed by atoms with Crippen LogP contribution in [0.4, 0.5) is 0 Å². The van der Waals surface area contributed by atoms with Crippen LogP contribution in [-0.2, 0) is 6.54 Å². The van der Waals surface area contributed by atoms with Crippen molar-refractivity contribution in [3.8, 4) is 0 Å². The molecule has 8 heteroatoms. The van der Waals surface area contributed by atoms with E-state index in [2.05, 4.69) is 25.7 Å². The van der Waals surface area contributed by atoms with E-state index in [1.54, 1.807) is 23.5 Å². The Bertz CT molecular complexity index is 867. The molecule has 3 rings (SSSR count). The first-order valence-electron chi connectivity index (χ1n) is 8.50. The van der Waals surface area contributed by atoms with Gasteiger partial charge in [0.1, 0.15) is 11.6 Å². The summed E-state index contributed by atoms with van der Waals surface area (Å²) in [5, 5.41) is 16.7. The van der Waals surface area contributed by atoms with Crippen LogP contribution in [0, 0.1) is 19.8 Å². The number of benzene rings is 1. The van der Waals surface area contributed by atoms with E-state index in [4.69, 9.17) is 0 Å². The van der Waals surface area contributed by atoms with Gasteiger partial charge in [-0.1, -0.05) is 32.0 Å². The number of tetrazole rings is 1. The summed E-state index contributed by atoms with van der Waals surface area (Å²) in [5.74, 6) is 0.491. The van der Waals surface area contributed by atoms with Crippen molar-refractivity contribution in [1.82, 2.24) is 30.5 Å². The Kier molecular flexibility index (Phi) is 5.41. The topological polar surface area (TPSA) is 85.6 Å². The molecular weight excluding hydrogens is 348 g/mol. The lowest BCUT2D eigenvalue weighted by molar-refractivity contribution is 0.0923. The Morgan fingerprint density at radius 3 is 2.58 bits per heavy atom. The molecule has 26 heavy (non-hydrogen) atoms. The molecule has 1 atom stereocenters. The van der Waals surface area contributed by atoms with Crippen molar-refractivity contribution in [3.63, 3.8) is 0 Å². The van der Waals surface area contributed by atoms with Gasteiger partial charge in [0.05, 0.1) is 11.7 Å². The summed E-state index contributed by atoms with van der Waals surface area (Å²) in [6.45, 7) is 8.55. The first-order chi connectivity index (χ1) is 12.4. The molecule has 0 saturated heterocycles. The molecule has 0 bridgehead atoms. The maximum Gasteiger partial charge on any atom is 0.251 e. The predicted molar refractivity (Wildman–Crippen MR) is 100.0 cm³/mol. The average molecular weight is 370 g/mol. The van der Waals surface area contributed by atoms with E-state index < -0.39 is 0 Å². The molecule has 1 aromatic carbocycles. The molecule has 7 nitrogen and oxygen atoms in total. The summed E-state index contributed by atoms with van der Waals surface area (Å²) < 4.78 is 0. The maximum atomic E-state index is 12.5. The highest BCUT2D eigenvalue weighted by Gasteiger charge is 2.24. The molecule has 0 spiro atoms. The van der Waals surface area contributed by atoms with E-state index in [0.717, 1.165) is 10.7 Å². The van der Waals surface area contributed by atoms with Crippen molar-refractivity contribution < 1.29 is 4.79 Å². The Balaban J connectivity index is 1.74. The number of hydrogen-bond donors (Lipinski definition) is 1. The standard InChI is InChI=1S/C18H22N6OS/c1-11(2)16(20-18(25)14-8-6-5-7-9-14)17-21-23-24(22-17)10-15-19-12(3)13(4)26-15/h5-9,11,16H,10H2,1-4H3,(H,20,25). The van der Waals surface area contributed by atoms with E-state index in [1.807, 2.05) is 45.9 Å². The molecule has 1 amide bonds. The predicted octanol–water partition coefficient (Wildman–Crippen LogP) is 2.92. The number of aryl methyl sites for hydroxylation is 2. The van der Waals surface area contributed by atoms with Crippen molar-refractivity contribution in [3.05, 3.63) is 57.3 Å². The molecule has 0 fully saturated rings. The van der Waals surface area contributed by atoms with Crippen LogP contribution in [0.25, 0.3) is 0 Å². The molecule has 2 aromatic heterocycles. The van der Waals surface area contributed by atoms with Crippen LogP contribution in [0.2, 0.25) is 0 Å². The summed E-state index contributed by atoms with van der Waals surface area (Å²) in [6, 6.07) is 8.81. The van der Waals surface area contributed by atoms with Crippen LogP contribution in [0.15, 0.2) is 30.3 Å². The van der Waals surface area contributed by atoms with Gasteiger partial charge in [0.15, 0.2) is 5.82 Å². The Hall–Kier alpha value is -2.61. The number of amides is 1. The first kappa shape index (κ1) is 18.2. The molecule has 0 aliphatic rings. The van der Waals surface area contributed by atoms with Crippen LogP contribution in [0.1, 0.15) is 51.7 Å². The molecule has 2 heterocycles. The highest BCUT2D eigenvalue weighted by atomic mass is 32.1. The zero-order valence-corrected chi connectivity index (χ0v) is 16.1. The lowest BCUT2D eigenvalue weighted by Gasteiger charge is -2.19. The molecule has 0 aliphatic heterocycles. The van der Waals surface area contributed by atoms with Crippen LogP contribution in [0.3, 0.4) is 0 Å². The molecule has 0 aliphatic carbocycles. The number of carbonyl (C=O) groups excluding carboxylic acids is 1. The van der Waals surface area contributed by atoms with Gasteiger partial charge in [-0.2, -0.15) is 4.80 Å². The quantitative estimate of drug-likeness (QED) is 0.721. The molecule has 3 aromatic rings. The second-order valence-electron chi connectivity index (χ2n) is 6.49. The largest absolute Gasteiger partial charge is 0.342 e. The van der Waals surface area contributed by atoms with Crippen molar-refractivity contribution in [2.24, 2.45) is 5.92 Å². The third kappa shape index (κ3) is 4.13. The minimum Gasteiger partial charge on any atom is -0.342 e. The fraction of sp³-hybridized carbons (Fsp3) is 0.389. The molecular formula is C18H22N6OS. The van der Waals surface area contributed by atoms with Crippen LogP contribution in [-0.4, -0.2) is 31.1 Å². The number of carbonyl (C=O) groups is 1. The third-order valence-electron chi connectivity index (χ3n) is 4.09. The van der Waals surface area contributed by atoms with Gasteiger partial charge in [0, 0.05) is 10.4 Å². The summed E-state index contributed by atoms with van der Waals surface area (Å²) in [4.78, 5) is 19.7. The summed E-state index contributed by atoms with van der Waals surface area (Å²) in [7, 11) is 0. The molecule has 1 N–H and O–H groups in total. The van der Waals surface area contributed by atoms with Gasteiger partial charge in [-0.25, -0.2) is 4.98 Å². The number of nitrogens with one attached hydrogen (secondary N) is 1. The minimum absolute atomic E-state index is 0.129. The number of aromatic nitrogens is 5. The first-order valence-corrected chi connectivity index (χ1v) is 9.32. The zero-order chi connectivity index (χ0) is 18.7. The van der Waals surface area contributed by atoms with Gasteiger partial charge >= 0.3 is 0 Å². The van der Waals surface area contributed by atoms with E-state index in [9.17, 15) is 4.79 Å². The number of hydrogen-bond acceptors (Lipinski definition) is 6. The fourth-order valence-electron chi connectivity index (χ4n) is 2.52. The molecule has 136 valence electrons. The van der Waals surface area contributed by atoms with Crippen LogP contribution >= 0.6 is 11.3 Å². The van der Waals surface area contributed by atoms with Gasteiger partial charge in [-0.05, 0) is 37.1 Å². The summed E-state index contributed by atoms with van der Waals surface area (Å²) in [5.41, 5.74) is 1.64. The number of nitrogens with zero attached hydrogens (tertiary/aromatic N) is 5. The van der Waals surface area contributed by atoms with Crippen molar-refractivity contribution in [2.45, 2.75) is 40.3 Å². The molecule has 1 unspecified atom stereocenters. The highest BCUT2D eigenvalue weighted by molar-refractivity contribution is 7.11. The van der Waals surface area contributed by atoms with Gasteiger partial charge < -0.3 is 5.32 Å².